The molecule has 0 saturated heterocycles. The Morgan fingerprint density at radius 2 is 1.95 bits per heavy atom. The first-order valence-corrected chi connectivity index (χ1v) is 6.11. The zero-order valence-corrected chi connectivity index (χ0v) is 10.3. The molecule has 0 N–H and O–H groups in total. The zero-order valence-electron chi connectivity index (χ0n) is 10.3. The molecule has 0 radical (unpaired) electrons. The maximum absolute atomic E-state index is 12.3. The van der Waals surface area contributed by atoms with E-state index in [4.69, 9.17) is 0 Å². The molecular weight excluding hydrogens is 271 g/mol. The number of hydrogen-bond donors (Lipinski definition) is 0. The molecule has 7 heteroatoms. The summed E-state index contributed by atoms with van der Waals surface area (Å²) in [5.41, 5.74) is 2.33. The predicted octanol–water partition coefficient (Wildman–Crippen LogP) is 2.50. The fraction of sp³-hybridized carbons (Fsp3) is 0.308. The van der Waals surface area contributed by atoms with Gasteiger partial charge in [0.15, 0.2) is 5.69 Å². The Morgan fingerprint density at radius 3 is 2.70 bits per heavy atom. The largest absolute Gasteiger partial charge is 0.456 e. The minimum absolute atomic E-state index is 0.611. The summed E-state index contributed by atoms with van der Waals surface area (Å²) in [6, 6.07) is 5.57. The van der Waals surface area contributed by atoms with Gasteiger partial charge in [0.1, 0.15) is 0 Å². The van der Waals surface area contributed by atoms with Crippen molar-refractivity contribution in [3.63, 3.8) is 0 Å². The molecule has 0 saturated carbocycles. The van der Waals surface area contributed by atoms with Crippen LogP contribution in [0.5, 0.6) is 0 Å². The van der Waals surface area contributed by atoms with E-state index in [0.717, 1.165) is 25.5 Å². The molecule has 0 amide bonds. The summed E-state index contributed by atoms with van der Waals surface area (Å²) in [5, 5.41) is 6.89. The van der Waals surface area contributed by atoms with Gasteiger partial charge in [-0.2, -0.15) is 13.2 Å². The highest BCUT2D eigenvalue weighted by molar-refractivity contribution is 5.98. The van der Waals surface area contributed by atoms with Crippen molar-refractivity contribution in [2.24, 2.45) is 0 Å². The van der Waals surface area contributed by atoms with Gasteiger partial charge in [-0.05, 0) is 42.5 Å². The Labute approximate surface area is 112 Å². The second kappa shape index (κ2) is 4.43. The first-order chi connectivity index (χ1) is 9.45. The highest BCUT2D eigenvalue weighted by Gasteiger charge is 2.41. The molecule has 104 valence electrons. The fourth-order valence-electron chi connectivity index (χ4n) is 2.34. The van der Waals surface area contributed by atoms with Crippen LogP contribution in [0.25, 0.3) is 5.69 Å². The maximum atomic E-state index is 12.3. The van der Waals surface area contributed by atoms with Crippen molar-refractivity contribution < 1.29 is 18.0 Å². The minimum atomic E-state index is -4.93. The lowest BCUT2D eigenvalue weighted by Gasteiger charge is -2.04. The van der Waals surface area contributed by atoms with Gasteiger partial charge < -0.3 is 0 Å². The smallest absolute Gasteiger partial charge is 0.282 e. The molecule has 0 aliphatic heterocycles. The quantitative estimate of drug-likeness (QED) is 0.795. The summed E-state index contributed by atoms with van der Waals surface area (Å²) in [5.74, 6) is -1.98. The molecule has 1 aromatic heterocycles. The van der Waals surface area contributed by atoms with Crippen molar-refractivity contribution in [1.29, 1.82) is 0 Å². The number of rotatable bonds is 2. The Kier molecular flexibility index (Phi) is 2.84. The lowest BCUT2D eigenvalue weighted by atomic mass is 10.1. The Balaban J connectivity index is 1.93. The number of halogens is 3. The van der Waals surface area contributed by atoms with Crippen LogP contribution in [0.4, 0.5) is 13.2 Å². The molecule has 1 aliphatic carbocycles. The van der Waals surface area contributed by atoms with E-state index in [1.54, 1.807) is 6.07 Å². The SMILES string of the molecule is O=C(c1cn(-c2ccc3c(c2)CCC3)nn1)C(F)(F)F. The number of carbonyl (C=O) groups is 1. The highest BCUT2D eigenvalue weighted by atomic mass is 19.4. The Hall–Kier alpha value is -2.18. The van der Waals surface area contributed by atoms with E-state index >= 15 is 0 Å². The van der Waals surface area contributed by atoms with Crippen LogP contribution in [-0.4, -0.2) is 27.0 Å². The number of aromatic nitrogens is 3. The van der Waals surface area contributed by atoms with Gasteiger partial charge in [0.25, 0.3) is 5.78 Å². The van der Waals surface area contributed by atoms with Gasteiger partial charge in [0, 0.05) is 0 Å². The summed E-state index contributed by atoms with van der Waals surface area (Å²) in [4.78, 5) is 11.1. The molecule has 0 spiro atoms. The van der Waals surface area contributed by atoms with Crippen LogP contribution in [0, 0.1) is 0 Å². The number of fused-ring (bicyclic) bond motifs is 1. The Bertz CT molecular complexity index is 676. The third-order valence-electron chi connectivity index (χ3n) is 3.33. The normalized spacial score (nSPS) is 14.3. The van der Waals surface area contributed by atoms with Crippen molar-refractivity contribution in [2.45, 2.75) is 25.4 Å². The van der Waals surface area contributed by atoms with Gasteiger partial charge in [0.2, 0.25) is 0 Å². The molecule has 1 aliphatic rings. The first kappa shape index (κ1) is 12.8. The predicted molar refractivity (Wildman–Crippen MR) is 63.8 cm³/mol. The van der Waals surface area contributed by atoms with Crippen LogP contribution >= 0.6 is 0 Å². The molecule has 20 heavy (non-hydrogen) atoms. The lowest BCUT2D eigenvalue weighted by Crippen LogP contribution is -2.23. The summed E-state index contributed by atoms with van der Waals surface area (Å²) in [6.07, 6.45) is -0.879. The third-order valence-corrected chi connectivity index (χ3v) is 3.33. The van der Waals surface area contributed by atoms with E-state index in [1.807, 2.05) is 12.1 Å². The first-order valence-electron chi connectivity index (χ1n) is 6.11. The summed E-state index contributed by atoms with van der Waals surface area (Å²) >= 11 is 0. The van der Waals surface area contributed by atoms with Crippen LogP contribution in [0.2, 0.25) is 0 Å². The third kappa shape index (κ3) is 2.19. The molecule has 1 aromatic carbocycles. The van der Waals surface area contributed by atoms with Crippen LogP contribution in [0.15, 0.2) is 24.4 Å². The maximum Gasteiger partial charge on any atom is 0.456 e. The second-order valence-corrected chi connectivity index (χ2v) is 4.68. The van der Waals surface area contributed by atoms with Gasteiger partial charge in [-0.3, -0.25) is 4.79 Å². The zero-order chi connectivity index (χ0) is 14.3. The van der Waals surface area contributed by atoms with Crippen molar-refractivity contribution in [2.75, 3.05) is 0 Å². The molecule has 4 nitrogen and oxygen atoms in total. The van der Waals surface area contributed by atoms with E-state index in [2.05, 4.69) is 10.3 Å². The van der Waals surface area contributed by atoms with Gasteiger partial charge >= 0.3 is 6.18 Å². The standard InChI is InChI=1S/C13H10F3N3O/c14-13(15,16)12(20)11-7-19(18-17-11)10-5-4-8-2-1-3-9(8)6-10/h4-7H,1-3H2. The van der Waals surface area contributed by atoms with Crippen molar-refractivity contribution in [3.8, 4) is 5.69 Å². The summed E-state index contributed by atoms with van der Waals surface area (Å²) in [6.45, 7) is 0. The average Bonchev–Trinajstić information content (AvgIpc) is 3.04. The highest BCUT2D eigenvalue weighted by Crippen LogP contribution is 2.25. The number of ketones is 1. The average molecular weight is 281 g/mol. The topological polar surface area (TPSA) is 47.8 Å². The summed E-state index contributed by atoms with van der Waals surface area (Å²) < 4.78 is 38.1. The van der Waals surface area contributed by atoms with E-state index in [-0.39, 0.29) is 0 Å². The van der Waals surface area contributed by atoms with Crippen LogP contribution < -0.4 is 0 Å². The molecule has 0 bridgehead atoms. The number of alkyl halides is 3. The van der Waals surface area contributed by atoms with E-state index in [9.17, 15) is 18.0 Å². The molecular formula is C13H10F3N3O. The molecule has 3 rings (SSSR count). The number of benzene rings is 1. The van der Waals surface area contributed by atoms with Crippen LogP contribution in [-0.2, 0) is 12.8 Å². The van der Waals surface area contributed by atoms with Crippen LogP contribution in [0.1, 0.15) is 28.0 Å². The van der Waals surface area contributed by atoms with Gasteiger partial charge in [-0.25, -0.2) is 4.68 Å². The van der Waals surface area contributed by atoms with Gasteiger partial charge in [0.05, 0.1) is 11.9 Å². The van der Waals surface area contributed by atoms with Crippen molar-refractivity contribution in [3.05, 3.63) is 41.2 Å². The van der Waals surface area contributed by atoms with Gasteiger partial charge in [-0.1, -0.05) is 11.3 Å². The molecule has 0 fully saturated rings. The van der Waals surface area contributed by atoms with Crippen molar-refractivity contribution in [1.82, 2.24) is 15.0 Å². The van der Waals surface area contributed by atoms with Crippen molar-refractivity contribution >= 4 is 5.78 Å². The molecule has 0 unspecified atom stereocenters. The number of hydrogen-bond acceptors (Lipinski definition) is 3. The minimum Gasteiger partial charge on any atom is -0.282 e. The summed E-state index contributed by atoms with van der Waals surface area (Å²) in [7, 11) is 0. The number of carbonyl (C=O) groups excluding carboxylic acids is 1. The van der Waals surface area contributed by atoms with E-state index in [0.29, 0.717) is 5.69 Å². The van der Waals surface area contributed by atoms with E-state index < -0.39 is 17.7 Å². The van der Waals surface area contributed by atoms with Crippen LogP contribution in [0.3, 0.4) is 0 Å². The Morgan fingerprint density at radius 1 is 1.20 bits per heavy atom. The number of Topliss-reactive ketones (excluding diaryl/α,β-unsaturated/α-hetero) is 1. The lowest BCUT2D eigenvalue weighted by molar-refractivity contribution is -0.0888. The number of nitrogens with zero attached hydrogens (tertiary/aromatic N) is 3. The fourth-order valence-corrected chi connectivity index (χ4v) is 2.34. The molecule has 1 heterocycles. The second-order valence-electron chi connectivity index (χ2n) is 4.68. The number of aryl methyl sites for hydroxylation is 2. The van der Waals surface area contributed by atoms with E-state index in [1.165, 1.54) is 15.8 Å². The monoisotopic (exact) mass is 281 g/mol. The van der Waals surface area contributed by atoms with Gasteiger partial charge in [-0.15, -0.1) is 5.10 Å². The molecule has 0 atom stereocenters. The molecule has 2 aromatic rings.